The minimum Gasteiger partial charge on any atom is -0.295 e. The molecule has 0 bridgehead atoms. The van der Waals surface area contributed by atoms with Crippen LogP contribution in [-0.2, 0) is 11.2 Å². The predicted octanol–water partition coefficient (Wildman–Crippen LogP) is 1.67. The van der Waals surface area contributed by atoms with Crippen LogP contribution in [0.5, 0.6) is 0 Å². The zero-order valence-electron chi connectivity index (χ0n) is 10.3. The average Bonchev–Trinajstić information content (AvgIpc) is 2.91. The van der Waals surface area contributed by atoms with Gasteiger partial charge < -0.3 is 0 Å². The number of hydrogen-bond acceptors (Lipinski definition) is 4. The first-order valence-corrected chi connectivity index (χ1v) is 5.91. The first-order valence-electron chi connectivity index (χ1n) is 5.91. The second kappa shape index (κ2) is 5.04. The molecule has 2 heterocycles. The number of carbonyl (C=O) groups excluding carboxylic acids is 1. The van der Waals surface area contributed by atoms with Gasteiger partial charge in [0.15, 0.2) is 0 Å². The number of anilines is 1. The predicted molar refractivity (Wildman–Crippen MR) is 70.4 cm³/mol. The summed E-state index contributed by atoms with van der Waals surface area (Å²) in [6.07, 6.45) is 1.41. The zero-order chi connectivity index (χ0) is 13.9. The molecule has 0 saturated carbocycles. The van der Waals surface area contributed by atoms with Crippen molar-refractivity contribution in [1.29, 1.82) is 0 Å². The average molecular weight is 271 g/mol. The molecule has 1 amide bonds. The molecule has 0 fully saturated rings. The molecule has 6 nitrogen and oxygen atoms in total. The Morgan fingerprint density at radius 3 is 3.00 bits per heavy atom. The van der Waals surface area contributed by atoms with Gasteiger partial charge in [0.2, 0.25) is 11.9 Å². The van der Waals surface area contributed by atoms with Gasteiger partial charge in [-0.15, -0.1) is 0 Å². The van der Waals surface area contributed by atoms with E-state index in [4.69, 9.17) is 0 Å². The monoisotopic (exact) mass is 271 g/mol. The van der Waals surface area contributed by atoms with Crippen molar-refractivity contribution in [2.45, 2.75) is 6.42 Å². The van der Waals surface area contributed by atoms with Gasteiger partial charge in [-0.2, -0.15) is 10.1 Å². The standard InChI is InChI=1S/C13H10FN5O/c14-9-2-4-11-8(5-9)1-3-10(17-11)6-12(20)18-13-15-7-16-19-13/h1-5,7H,6H2,(H2,15,16,18,19,20). The van der Waals surface area contributed by atoms with Crippen LogP contribution in [0.1, 0.15) is 5.69 Å². The molecule has 0 unspecified atom stereocenters. The lowest BCUT2D eigenvalue weighted by Gasteiger charge is -2.03. The Bertz CT molecular complexity index is 757. The van der Waals surface area contributed by atoms with E-state index in [-0.39, 0.29) is 24.1 Å². The lowest BCUT2D eigenvalue weighted by atomic mass is 10.1. The maximum Gasteiger partial charge on any atom is 0.232 e. The van der Waals surface area contributed by atoms with Gasteiger partial charge in [0.1, 0.15) is 12.1 Å². The number of benzene rings is 1. The molecule has 0 atom stereocenters. The van der Waals surface area contributed by atoms with Crippen molar-refractivity contribution in [2.75, 3.05) is 5.32 Å². The normalized spacial score (nSPS) is 10.7. The third-order valence-corrected chi connectivity index (χ3v) is 2.72. The fraction of sp³-hybridized carbons (Fsp3) is 0.0769. The van der Waals surface area contributed by atoms with Crippen molar-refractivity contribution in [3.05, 3.63) is 48.2 Å². The Morgan fingerprint density at radius 2 is 2.20 bits per heavy atom. The van der Waals surface area contributed by atoms with Crippen molar-refractivity contribution >= 4 is 22.8 Å². The Labute approximate surface area is 113 Å². The highest BCUT2D eigenvalue weighted by molar-refractivity contribution is 5.90. The van der Waals surface area contributed by atoms with Gasteiger partial charge in [0.25, 0.3) is 0 Å². The van der Waals surface area contributed by atoms with Crippen LogP contribution in [0.3, 0.4) is 0 Å². The summed E-state index contributed by atoms with van der Waals surface area (Å²) in [5, 5.41) is 9.42. The highest BCUT2D eigenvalue weighted by Gasteiger charge is 2.07. The summed E-state index contributed by atoms with van der Waals surface area (Å²) in [4.78, 5) is 19.9. The number of halogens is 1. The largest absolute Gasteiger partial charge is 0.295 e. The van der Waals surface area contributed by atoms with E-state index < -0.39 is 0 Å². The number of aromatic nitrogens is 4. The molecule has 100 valence electrons. The van der Waals surface area contributed by atoms with Crippen LogP contribution >= 0.6 is 0 Å². The topological polar surface area (TPSA) is 83.6 Å². The maximum atomic E-state index is 13.1. The number of H-pyrrole nitrogens is 1. The fourth-order valence-electron chi connectivity index (χ4n) is 1.84. The number of hydrogen-bond donors (Lipinski definition) is 2. The number of amides is 1. The number of rotatable bonds is 3. The van der Waals surface area contributed by atoms with Crippen LogP contribution < -0.4 is 5.32 Å². The highest BCUT2D eigenvalue weighted by Crippen LogP contribution is 2.14. The van der Waals surface area contributed by atoms with Gasteiger partial charge in [-0.05, 0) is 24.3 Å². The molecule has 1 aromatic carbocycles. The third-order valence-electron chi connectivity index (χ3n) is 2.72. The van der Waals surface area contributed by atoms with E-state index in [1.807, 2.05) is 0 Å². The maximum absolute atomic E-state index is 13.1. The van der Waals surface area contributed by atoms with Gasteiger partial charge in [-0.3, -0.25) is 15.1 Å². The first-order chi connectivity index (χ1) is 9.70. The van der Waals surface area contributed by atoms with Gasteiger partial charge >= 0.3 is 0 Å². The summed E-state index contributed by atoms with van der Waals surface area (Å²) < 4.78 is 13.1. The summed E-state index contributed by atoms with van der Waals surface area (Å²) in [6.45, 7) is 0. The molecule has 0 spiro atoms. The number of carbonyl (C=O) groups is 1. The van der Waals surface area contributed by atoms with E-state index in [0.717, 1.165) is 0 Å². The smallest absolute Gasteiger partial charge is 0.232 e. The van der Waals surface area contributed by atoms with E-state index in [0.29, 0.717) is 16.6 Å². The first kappa shape index (κ1) is 12.2. The van der Waals surface area contributed by atoms with Crippen molar-refractivity contribution in [2.24, 2.45) is 0 Å². The van der Waals surface area contributed by atoms with Crippen molar-refractivity contribution in [3.63, 3.8) is 0 Å². The molecule has 0 saturated heterocycles. The van der Waals surface area contributed by atoms with Crippen molar-refractivity contribution in [1.82, 2.24) is 20.2 Å². The molecule has 7 heteroatoms. The van der Waals surface area contributed by atoms with Crippen LogP contribution in [0.25, 0.3) is 10.9 Å². The Hall–Kier alpha value is -2.83. The van der Waals surface area contributed by atoms with Gasteiger partial charge in [0.05, 0.1) is 17.6 Å². The van der Waals surface area contributed by atoms with E-state index in [1.54, 1.807) is 18.2 Å². The lowest BCUT2D eigenvalue weighted by molar-refractivity contribution is -0.115. The van der Waals surface area contributed by atoms with E-state index >= 15 is 0 Å². The summed E-state index contributed by atoms with van der Waals surface area (Å²) in [5.41, 5.74) is 1.25. The second-order valence-corrected chi connectivity index (χ2v) is 4.20. The zero-order valence-corrected chi connectivity index (χ0v) is 10.3. The minimum atomic E-state index is -0.310. The van der Waals surface area contributed by atoms with Crippen LogP contribution in [0.4, 0.5) is 10.3 Å². The van der Waals surface area contributed by atoms with Crippen LogP contribution in [0.2, 0.25) is 0 Å². The third kappa shape index (κ3) is 2.61. The number of nitrogens with one attached hydrogen (secondary N) is 2. The van der Waals surface area contributed by atoms with E-state index in [9.17, 15) is 9.18 Å². The number of pyridine rings is 1. The van der Waals surface area contributed by atoms with E-state index in [1.165, 1.54) is 18.5 Å². The fourth-order valence-corrected chi connectivity index (χ4v) is 1.84. The summed E-state index contributed by atoms with van der Waals surface area (Å²) in [6, 6.07) is 7.77. The van der Waals surface area contributed by atoms with Crippen molar-refractivity contribution < 1.29 is 9.18 Å². The molecular weight excluding hydrogens is 261 g/mol. The number of nitrogens with zero attached hydrogens (tertiary/aromatic N) is 3. The molecule has 0 aliphatic heterocycles. The van der Waals surface area contributed by atoms with Crippen LogP contribution in [0, 0.1) is 5.82 Å². The second-order valence-electron chi connectivity index (χ2n) is 4.20. The molecule has 0 radical (unpaired) electrons. The molecule has 0 aliphatic carbocycles. The van der Waals surface area contributed by atoms with Gasteiger partial charge in [-0.1, -0.05) is 6.07 Å². The number of fused-ring (bicyclic) bond motifs is 1. The Morgan fingerprint density at radius 1 is 1.30 bits per heavy atom. The molecule has 2 aromatic heterocycles. The Balaban J connectivity index is 1.77. The summed E-state index contributed by atoms with van der Waals surface area (Å²) in [7, 11) is 0. The molecule has 3 rings (SSSR count). The minimum absolute atomic E-state index is 0.105. The molecule has 2 N–H and O–H groups in total. The summed E-state index contributed by atoms with van der Waals surface area (Å²) in [5.74, 6) is -0.274. The highest BCUT2D eigenvalue weighted by atomic mass is 19.1. The van der Waals surface area contributed by atoms with Gasteiger partial charge in [-0.25, -0.2) is 9.49 Å². The molecule has 0 aliphatic rings. The summed E-state index contributed by atoms with van der Waals surface area (Å²) >= 11 is 0. The quantitative estimate of drug-likeness (QED) is 0.759. The van der Waals surface area contributed by atoms with Gasteiger partial charge in [0, 0.05) is 5.39 Å². The SMILES string of the molecule is O=C(Cc1ccc2cc(F)ccc2n1)Nc1ncn[nH]1. The van der Waals surface area contributed by atoms with Crippen molar-refractivity contribution in [3.8, 4) is 0 Å². The number of aromatic amines is 1. The Kier molecular flexibility index (Phi) is 3.08. The molecule has 3 aromatic rings. The molecule has 20 heavy (non-hydrogen) atoms. The van der Waals surface area contributed by atoms with E-state index in [2.05, 4.69) is 25.5 Å². The molecular formula is C13H10FN5O. The van der Waals surface area contributed by atoms with Crippen LogP contribution in [0.15, 0.2) is 36.7 Å². The van der Waals surface area contributed by atoms with Crippen LogP contribution in [-0.4, -0.2) is 26.1 Å². The lowest BCUT2D eigenvalue weighted by Crippen LogP contribution is -2.16.